The van der Waals surface area contributed by atoms with Crippen molar-refractivity contribution in [1.82, 2.24) is 19.9 Å². The Labute approximate surface area is 357 Å². The molecule has 4 heteroatoms. The van der Waals surface area contributed by atoms with Crippen molar-refractivity contribution in [3.05, 3.63) is 142 Å². The molecule has 3 aromatic heterocycles. The summed E-state index contributed by atoms with van der Waals surface area (Å²) < 4.78 is 0. The van der Waals surface area contributed by atoms with Gasteiger partial charge in [-0.1, -0.05) is 138 Å². The molecule has 0 saturated carbocycles. The van der Waals surface area contributed by atoms with Crippen molar-refractivity contribution in [2.75, 3.05) is 0 Å². The molecule has 2 aliphatic rings. The third kappa shape index (κ3) is 7.94. The minimum Gasteiger partial charge on any atom is -0.355 e. The maximum Gasteiger partial charge on any atom is 0.0737 e. The largest absolute Gasteiger partial charge is 0.355 e. The Morgan fingerprint density at radius 2 is 0.817 bits per heavy atom. The van der Waals surface area contributed by atoms with Crippen LogP contribution < -0.4 is 0 Å². The van der Waals surface area contributed by atoms with Gasteiger partial charge in [-0.15, -0.1) is 6.42 Å². The Hall–Kier alpha value is -6.18. The van der Waals surface area contributed by atoms with E-state index in [0.717, 1.165) is 83.8 Å². The number of nitrogens with one attached hydrogen (secondary N) is 2. The number of nitrogens with zero attached hydrogens (tertiary/aromatic N) is 2. The van der Waals surface area contributed by atoms with Crippen LogP contribution in [0.5, 0.6) is 0 Å². The number of terminal acetylenes is 1. The number of aromatic amines is 2. The summed E-state index contributed by atoms with van der Waals surface area (Å²) in [4.78, 5) is 18.6. The van der Waals surface area contributed by atoms with Crippen LogP contribution in [0.3, 0.4) is 0 Å². The molecule has 6 aromatic rings. The van der Waals surface area contributed by atoms with Gasteiger partial charge in [0.25, 0.3) is 0 Å². The first-order valence-electron chi connectivity index (χ1n) is 21.2. The molecule has 0 radical (unpaired) electrons. The van der Waals surface area contributed by atoms with Gasteiger partial charge in [-0.2, -0.15) is 0 Å². The second-order valence-electron chi connectivity index (χ2n) is 20.7. The first kappa shape index (κ1) is 40.6. The molecular weight excluding hydrogens is 729 g/mol. The molecule has 4 nitrogen and oxygen atoms in total. The fourth-order valence-electron chi connectivity index (χ4n) is 8.06. The smallest absolute Gasteiger partial charge is 0.0737 e. The number of H-pyrrole nitrogens is 2. The molecule has 0 unspecified atom stereocenters. The second-order valence-corrected chi connectivity index (χ2v) is 20.7. The van der Waals surface area contributed by atoms with Crippen molar-refractivity contribution in [2.24, 2.45) is 0 Å². The quantitative estimate of drug-likeness (QED) is 0.175. The van der Waals surface area contributed by atoms with E-state index in [9.17, 15) is 0 Å². The number of aromatic nitrogens is 4. The normalized spacial score (nSPS) is 13.2. The van der Waals surface area contributed by atoms with Gasteiger partial charge < -0.3 is 9.97 Å². The van der Waals surface area contributed by atoms with E-state index in [1.165, 1.54) is 22.3 Å². The zero-order valence-electron chi connectivity index (χ0n) is 37.4. The van der Waals surface area contributed by atoms with Crippen LogP contribution in [-0.2, 0) is 21.7 Å². The highest BCUT2D eigenvalue weighted by Gasteiger charge is 2.25. The van der Waals surface area contributed by atoms with Gasteiger partial charge in [0.05, 0.1) is 22.8 Å². The van der Waals surface area contributed by atoms with E-state index >= 15 is 0 Å². The summed E-state index contributed by atoms with van der Waals surface area (Å²) in [6, 6.07) is 33.2. The summed E-state index contributed by atoms with van der Waals surface area (Å²) in [5.74, 6) is 2.80. The molecule has 8 bridgehead atoms. The molecule has 0 spiro atoms. The van der Waals surface area contributed by atoms with E-state index < -0.39 is 0 Å². The molecule has 0 amide bonds. The van der Waals surface area contributed by atoms with Crippen molar-refractivity contribution in [2.45, 2.75) is 105 Å². The third-order valence-electron chi connectivity index (χ3n) is 11.8. The van der Waals surface area contributed by atoms with Crippen LogP contribution in [0.1, 0.15) is 134 Å². The predicted molar refractivity (Wildman–Crippen MR) is 258 cm³/mol. The van der Waals surface area contributed by atoms with E-state index in [-0.39, 0.29) is 21.7 Å². The van der Waals surface area contributed by atoms with Crippen LogP contribution in [0.4, 0.5) is 0 Å². The first-order valence-corrected chi connectivity index (χ1v) is 21.2. The summed E-state index contributed by atoms with van der Waals surface area (Å²) >= 11 is 0. The molecule has 2 aliphatic heterocycles. The summed E-state index contributed by atoms with van der Waals surface area (Å²) in [6.07, 6.45) is 14.4. The lowest BCUT2D eigenvalue weighted by atomic mass is 9.78. The molecule has 5 heterocycles. The minimum absolute atomic E-state index is 0.0512. The van der Waals surface area contributed by atoms with Crippen molar-refractivity contribution in [3.63, 3.8) is 0 Å². The molecule has 0 aliphatic carbocycles. The highest BCUT2D eigenvalue weighted by molar-refractivity contribution is 5.98. The van der Waals surface area contributed by atoms with Gasteiger partial charge in [0.2, 0.25) is 0 Å². The SMILES string of the molecule is C#Cc1ccc(-c2c3nc(c(-c4cc(C(C)(C)C)cc(C(C)(C)C)c4)c4ccc(cc5nc(c(-c6cc(C(C)(C)C)cc(C(C)(C)C)c6)c6ccc2[nH]6)C=C5)[nH]4)C=C3)cc1. The number of hydrogen-bond donors (Lipinski definition) is 2. The molecule has 8 rings (SSSR count). The van der Waals surface area contributed by atoms with Gasteiger partial charge in [-0.3, -0.25) is 0 Å². The highest BCUT2D eigenvalue weighted by Crippen LogP contribution is 2.41. The van der Waals surface area contributed by atoms with Gasteiger partial charge in [0, 0.05) is 44.3 Å². The molecule has 0 saturated heterocycles. The topological polar surface area (TPSA) is 57.4 Å². The molecule has 3 aromatic carbocycles. The first-order chi connectivity index (χ1) is 28.2. The van der Waals surface area contributed by atoms with E-state index in [1.54, 1.807) is 0 Å². The lowest BCUT2D eigenvalue weighted by molar-refractivity contribution is 0.568. The average Bonchev–Trinajstić information content (AvgIpc) is 4.01. The Kier molecular flexibility index (Phi) is 9.83. The minimum atomic E-state index is -0.0512. The van der Waals surface area contributed by atoms with Crippen LogP contribution >= 0.6 is 0 Å². The van der Waals surface area contributed by atoms with Gasteiger partial charge in [-0.25, -0.2) is 9.97 Å². The predicted octanol–water partition coefficient (Wildman–Crippen LogP) is 14.8. The summed E-state index contributed by atoms with van der Waals surface area (Å²) in [5.41, 5.74) is 19.7. The van der Waals surface area contributed by atoms with Crippen LogP contribution in [-0.4, -0.2) is 19.9 Å². The van der Waals surface area contributed by atoms with E-state index in [4.69, 9.17) is 16.4 Å². The van der Waals surface area contributed by atoms with Gasteiger partial charge in [-0.05, 0) is 127 Å². The lowest BCUT2D eigenvalue weighted by Crippen LogP contribution is -2.16. The van der Waals surface area contributed by atoms with Crippen molar-refractivity contribution in [1.29, 1.82) is 0 Å². The standard InChI is InChI=1S/C56H58N4/c1-14-34-15-17-35(18-16-34)50-46-23-25-48(59-46)51(36-27-38(53(2,3)4)31-39(28-36)54(5,6)7)44-21-19-42(57-44)33-43-20-22-45(58-43)52(49-26-24-47(50)60-49)37-29-40(55(8,9)10)32-41(30-37)56(11,12)13/h1,15-33,57,60H,2-13H3. The monoisotopic (exact) mass is 786 g/mol. The van der Waals surface area contributed by atoms with E-state index in [2.05, 4.69) is 202 Å². The zero-order valence-corrected chi connectivity index (χ0v) is 37.4. The number of hydrogen-bond acceptors (Lipinski definition) is 2. The Bertz CT molecular complexity index is 2810. The number of benzene rings is 3. The fourth-order valence-corrected chi connectivity index (χ4v) is 8.06. The Morgan fingerprint density at radius 3 is 1.27 bits per heavy atom. The molecular formula is C56H58N4. The maximum absolute atomic E-state index is 5.85. The maximum atomic E-state index is 5.85. The van der Waals surface area contributed by atoms with Crippen molar-refractivity contribution >= 4 is 46.4 Å². The molecule has 302 valence electrons. The van der Waals surface area contributed by atoms with E-state index in [1.807, 2.05) is 12.1 Å². The van der Waals surface area contributed by atoms with Crippen molar-refractivity contribution in [3.8, 4) is 45.7 Å². The average molecular weight is 787 g/mol. The number of rotatable bonds is 3. The Balaban J connectivity index is 1.52. The Morgan fingerprint density at radius 1 is 0.417 bits per heavy atom. The van der Waals surface area contributed by atoms with Gasteiger partial charge in [0.15, 0.2) is 0 Å². The van der Waals surface area contributed by atoms with Crippen LogP contribution in [0.15, 0.2) is 91.0 Å². The van der Waals surface area contributed by atoms with Gasteiger partial charge in [0.1, 0.15) is 0 Å². The van der Waals surface area contributed by atoms with Gasteiger partial charge >= 0.3 is 0 Å². The third-order valence-corrected chi connectivity index (χ3v) is 11.8. The highest BCUT2D eigenvalue weighted by atomic mass is 14.8. The molecule has 0 atom stereocenters. The molecule has 60 heavy (non-hydrogen) atoms. The van der Waals surface area contributed by atoms with Crippen LogP contribution in [0.25, 0.3) is 79.8 Å². The zero-order chi connectivity index (χ0) is 42.9. The second kappa shape index (κ2) is 14.5. The number of fused-ring (bicyclic) bond motifs is 8. The van der Waals surface area contributed by atoms with Crippen molar-refractivity contribution < 1.29 is 0 Å². The summed E-state index contributed by atoms with van der Waals surface area (Å²) in [7, 11) is 0. The lowest BCUT2D eigenvalue weighted by Gasteiger charge is -2.26. The summed E-state index contributed by atoms with van der Waals surface area (Å²) in [5, 5.41) is 0. The molecule has 2 N–H and O–H groups in total. The molecule has 0 fully saturated rings. The van der Waals surface area contributed by atoms with E-state index in [0.29, 0.717) is 0 Å². The summed E-state index contributed by atoms with van der Waals surface area (Å²) in [6.45, 7) is 27.4. The van der Waals surface area contributed by atoms with Crippen LogP contribution in [0, 0.1) is 12.3 Å². The fraction of sp³-hybridized carbons (Fsp3) is 0.286. The van der Waals surface area contributed by atoms with Crippen LogP contribution in [0.2, 0.25) is 0 Å².